The molecular weight excluding hydrogens is 278 g/mol. The Balaban J connectivity index is 1.81. The zero-order valence-corrected chi connectivity index (χ0v) is 11.8. The second-order valence-corrected chi connectivity index (χ2v) is 5.55. The number of amides is 4. The van der Waals surface area contributed by atoms with Gasteiger partial charge in [-0.3, -0.25) is 19.3 Å². The van der Waals surface area contributed by atoms with Crippen LogP contribution in [0, 0.1) is 5.92 Å². The van der Waals surface area contributed by atoms with Crippen molar-refractivity contribution in [3.05, 3.63) is 0 Å². The lowest BCUT2D eigenvalue weighted by Crippen LogP contribution is -2.55. The molecule has 0 aromatic rings. The molecule has 1 heterocycles. The summed E-state index contributed by atoms with van der Waals surface area (Å²) in [7, 11) is 1.39. The van der Waals surface area contributed by atoms with Crippen molar-refractivity contribution in [2.24, 2.45) is 5.92 Å². The number of carboxylic acid groups (broad SMARTS) is 1. The van der Waals surface area contributed by atoms with Gasteiger partial charge in [-0.25, -0.2) is 4.79 Å². The van der Waals surface area contributed by atoms with Gasteiger partial charge in [-0.1, -0.05) is 0 Å². The normalized spacial score (nSPS) is 29.4. The lowest BCUT2D eigenvalue weighted by Gasteiger charge is -2.28. The second-order valence-electron chi connectivity index (χ2n) is 5.55. The predicted octanol–water partition coefficient (Wildman–Crippen LogP) is -0.314. The molecule has 21 heavy (non-hydrogen) atoms. The molecule has 1 aliphatic carbocycles. The fourth-order valence-corrected chi connectivity index (χ4v) is 2.77. The molecule has 3 N–H and O–H groups in total. The number of rotatable bonds is 3. The summed E-state index contributed by atoms with van der Waals surface area (Å²) < 4.78 is 0. The Hall–Kier alpha value is -2.12. The molecule has 0 aromatic carbocycles. The fraction of sp³-hybridized carbons (Fsp3) is 0.692. The number of likely N-dealkylation sites (N-methyl/N-ethyl adjacent to an activating group) is 1. The number of urea groups is 1. The summed E-state index contributed by atoms with van der Waals surface area (Å²) in [5, 5.41) is 14.1. The summed E-state index contributed by atoms with van der Waals surface area (Å²) >= 11 is 0. The zero-order valence-electron chi connectivity index (χ0n) is 11.8. The van der Waals surface area contributed by atoms with Crippen LogP contribution in [0.2, 0.25) is 0 Å². The van der Waals surface area contributed by atoms with Crippen LogP contribution in [0.4, 0.5) is 4.79 Å². The number of aliphatic carboxylic acids is 1. The van der Waals surface area contributed by atoms with Crippen molar-refractivity contribution in [3.8, 4) is 0 Å². The molecule has 0 spiro atoms. The van der Waals surface area contributed by atoms with E-state index in [0.29, 0.717) is 19.3 Å². The lowest BCUT2D eigenvalue weighted by atomic mass is 10.1. The molecule has 0 aromatic heterocycles. The van der Waals surface area contributed by atoms with Crippen molar-refractivity contribution in [2.75, 3.05) is 7.05 Å². The molecule has 1 aliphatic heterocycles. The van der Waals surface area contributed by atoms with Gasteiger partial charge in [-0.05, 0) is 25.7 Å². The summed E-state index contributed by atoms with van der Waals surface area (Å²) in [4.78, 5) is 46.9. The Labute approximate surface area is 121 Å². The number of carboxylic acids is 1. The minimum absolute atomic E-state index is 0.191. The van der Waals surface area contributed by atoms with Crippen LogP contribution >= 0.6 is 0 Å². The van der Waals surface area contributed by atoms with Crippen LogP contribution in [0.3, 0.4) is 0 Å². The molecule has 2 aliphatic rings. The summed E-state index contributed by atoms with van der Waals surface area (Å²) in [6, 6.07) is -1.39. The van der Waals surface area contributed by atoms with Gasteiger partial charge in [-0.15, -0.1) is 0 Å². The number of piperidine rings is 1. The van der Waals surface area contributed by atoms with E-state index in [9.17, 15) is 19.2 Å². The standard InChI is InChI=1S/C13H19N3O5/c1-16-10(17)5-4-9(11(16)18)15-13(21)14-8-3-2-7(6-8)12(19)20/h7-9H,2-6H2,1H3,(H,19,20)(H2,14,15,21)/t7-,8+,9?/m1/s1. The third-order valence-electron chi connectivity index (χ3n) is 4.07. The third kappa shape index (κ3) is 3.50. The van der Waals surface area contributed by atoms with Crippen LogP contribution in [0.15, 0.2) is 0 Å². The van der Waals surface area contributed by atoms with Crippen molar-refractivity contribution in [1.29, 1.82) is 0 Å². The highest BCUT2D eigenvalue weighted by Gasteiger charge is 2.34. The maximum atomic E-state index is 11.9. The minimum atomic E-state index is -0.845. The van der Waals surface area contributed by atoms with Gasteiger partial charge in [0.25, 0.3) is 5.91 Å². The number of hydrogen-bond donors (Lipinski definition) is 3. The number of nitrogens with one attached hydrogen (secondary N) is 2. The average molecular weight is 297 g/mol. The van der Waals surface area contributed by atoms with Crippen molar-refractivity contribution < 1.29 is 24.3 Å². The molecule has 0 bridgehead atoms. The Morgan fingerprint density at radius 2 is 1.90 bits per heavy atom. The molecule has 2 rings (SSSR count). The Kier molecular flexibility index (Phi) is 4.44. The van der Waals surface area contributed by atoms with Gasteiger partial charge in [0.1, 0.15) is 6.04 Å². The number of hydrogen-bond acceptors (Lipinski definition) is 4. The molecule has 0 radical (unpaired) electrons. The molecule has 3 atom stereocenters. The fourth-order valence-electron chi connectivity index (χ4n) is 2.77. The first kappa shape index (κ1) is 15.3. The minimum Gasteiger partial charge on any atom is -0.481 e. The average Bonchev–Trinajstić information content (AvgIpc) is 2.88. The molecule has 1 unspecified atom stereocenters. The molecule has 2 fully saturated rings. The summed E-state index contributed by atoms with van der Waals surface area (Å²) in [6.07, 6.45) is 2.07. The summed E-state index contributed by atoms with van der Waals surface area (Å²) in [5.74, 6) is -1.94. The van der Waals surface area contributed by atoms with E-state index in [4.69, 9.17) is 5.11 Å². The van der Waals surface area contributed by atoms with Crippen LogP contribution < -0.4 is 10.6 Å². The lowest BCUT2D eigenvalue weighted by molar-refractivity contribution is -0.148. The number of carbonyl (C=O) groups excluding carboxylic acids is 3. The van der Waals surface area contributed by atoms with Gasteiger partial charge in [0.2, 0.25) is 5.91 Å². The van der Waals surface area contributed by atoms with E-state index in [1.807, 2.05) is 0 Å². The van der Waals surface area contributed by atoms with Crippen LogP contribution in [0.1, 0.15) is 32.1 Å². The highest BCUT2D eigenvalue weighted by Crippen LogP contribution is 2.25. The van der Waals surface area contributed by atoms with Crippen LogP contribution in [-0.2, 0) is 14.4 Å². The van der Waals surface area contributed by atoms with Crippen LogP contribution in [0.5, 0.6) is 0 Å². The van der Waals surface area contributed by atoms with Crippen molar-refractivity contribution in [1.82, 2.24) is 15.5 Å². The monoisotopic (exact) mass is 297 g/mol. The first-order valence-corrected chi connectivity index (χ1v) is 6.98. The molecular formula is C13H19N3O5. The Bertz CT molecular complexity index is 478. The SMILES string of the molecule is CN1C(=O)CCC(NC(=O)N[C@H]2CC[C@@H](C(=O)O)C2)C1=O. The van der Waals surface area contributed by atoms with E-state index in [0.717, 1.165) is 4.90 Å². The molecule has 1 saturated carbocycles. The van der Waals surface area contributed by atoms with E-state index in [-0.39, 0.29) is 24.8 Å². The van der Waals surface area contributed by atoms with Crippen molar-refractivity contribution >= 4 is 23.8 Å². The molecule has 1 saturated heterocycles. The largest absolute Gasteiger partial charge is 0.481 e. The first-order chi connectivity index (χ1) is 9.88. The number of imide groups is 1. The highest BCUT2D eigenvalue weighted by atomic mass is 16.4. The van der Waals surface area contributed by atoms with E-state index in [1.54, 1.807) is 0 Å². The van der Waals surface area contributed by atoms with E-state index in [1.165, 1.54) is 7.05 Å². The molecule has 116 valence electrons. The van der Waals surface area contributed by atoms with Gasteiger partial charge in [0.05, 0.1) is 5.92 Å². The van der Waals surface area contributed by atoms with Gasteiger partial charge < -0.3 is 15.7 Å². The maximum Gasteiger partial charge on any atom is 0.315 e. The van der Waals surface area contributed by atoms with Crippen LogP contribution in [0.25, 0.3) is 0 Å². The molecule has 8 heteroatoms. The van der Waals surface area contributed by atoms with Gasteiger partial charge in [-0.2, -0.15) is 0 Å². The third-order valence-corrected chi connectivity index (χ3v) is 4.07. The van der Waals surface area contributed by atoms with Gasteiger partial charge >= 0.3 is 12.0 Å². The van der Waals surface area contributed by atoms with Gasteiger partial charge in [0, 0.05) is 19.5 Å². The summed E-state index contributed by atoms with van der Waals surface area (Å²) in [5.41, 5.74) is 0. The number of likely N-dealkylation sites (tertiary alicyclic amines) is 1. The van der Waals surface area contributed by atoms with E-state index < -0.39 is 29.9 Å². The highest BCUT2D eigenvalue weighted by molar-refractivity contribution is 6.01. The Morgan fingerprint density at radius 3 is 2.52 bits per heavy atom. The molecule has 8 nitrogen and oxygen atoms in total. The van der Waals surface area contributed by atoms with E-state index >= 15 is 0 Å². The maximum absolute atomic E-state index is 11.9. The number of carbonyl (C=O) groups is 4. The van der Waals surface area contributed by atoms with Crippen molar-refractivity contribution in [2.45, 2.75) is 44.2 Å². The quantitative estimate of drug-likeness (QED) is 0.618. The van der Waals surface area contributed by atoms with Crippen LogP contribution in [-0.4, -0.2) is 53.0 Å². The first-order valence-electron chi connectivity index (χ1n) is 6.98. The summed E-state index contributed by atoms with van der Waals surface area (Å²) in [6.45, 7) is 0. The van der Waals surface area contributed by atoms with Gasteiger partial charge in [0.15, 0.2) is 0 Å². The Morgan fingerprint density at radius 1 is 1.19 bits per heavy atom. The molecule has 4 amide bonds. The van der Waals surface area contributed by atoms with Crippen molar-refractivity contribution in [3.63, 3.8) is 0 Å². The number of nitrogens with zero attached hydrogens (tertiary/aromatic N) is 1. The second kappa shape index (κ2) is 6.11. The van der Waals surface area contributed by atoms with E-state index in [2.05, 4.69) is 10.6 Å². The smallest absolute Gasteiger partial charge is 0.315 e. The zero-order chi connectivity index (χ0) is 15.6. The predicted molar refractivity (Wildman–Crippen MR) is 71.2 cm³/mol. The topological polar surface area (TPSA) is 116 Å².